The molecule has 3 nitrogen and oxygen atoms in total. The van der Waals surface area contributed by atoms with Crippen LogP contribution in [0.15, 0.2) is 27.6 Å². The molecule has 0 aromatic heterocycles. The molecule has 1 aliphatic rings. The van der Waals surface area contributed by atoms with Crippen LogP contribution in [0.1, 0.15) is 5.56 Å². The van der Waals surface area contributed by atoms with Gasteiger partial charge in [0.25, 0.3) is 0 Å². The summed E-state index contributed by atoms with van der Waals surface area (Å²) in [4.78, 5) is 12.7. The second-order valence-electron chi connectivity index (χ2n) is 4.00. The first-order valence-electron chi connectivity index (χ1n) is 5.41. The lowest BCUT2D eigenvalue weighted by molar-refractivity contribution is -0.122. The van der Waals surface area contributed by atoms with E-state index in [2.05, 4.69) is 27.3 Å². The topological polar surface area (TPSA) is 38.3 Å². The summed E-state index contributed by atoms with van der Waals surface area (Å²) in [7, 11) is 0. The number of aryl methyl sites for hydroxylation is 1. The largest absolute Gasteiger partial charge is 0.377 e. The Morgan fingerprint density at radius 2 is 2.35 bits per heavy atom. The van der Waals surface area contributed by atoms with Crippen molar-refractivity contribution in [3.63, 3.8) is 0 Å². The van der Waals surface area contributed by atoms with Gasteiger partial charge >= 0.3 is 0 Å². The molecule has 1 N–H and O–H groups in total. The van der Waals surface area contributed by atoms with Gasteiger partial charge in [0.1, 0.15) is 0 Å². The number of nitrogens with one attached hydrogen (secondary N) is 1. The minimum Gasteiger partial charge on any atom is -0.377 e. The molecule has 0 saturated carbocycles. The molecule has 0 unspecified atom stereocenters. The first-order valence-corrected chi connectivity index (χ1v) is 7.19. The summed E-state index contributed by atoms with van der Waals surface area (Å²) in [5, 5.41) is 2.92. The second-order valence-corrected chi connectivity index (χ2v) is 5.93. The van der Waals surface area contributed by atoms with Crippen molar-refractivity contribution < 1.29 is 9.53 Å². The standard InChI is InChI=1S/C12H14BrNO2S/c1-8-4-9(13)2-3-11(8)17-7-12(15)14-10-5-16-6-10/h2-4,10H,5-7H2,1H3,(H,14,15). The molecule has 0 aliphatic carbocycles. The van der Waals surface area contributed by atoms with Gasteiger partial charge in [0, 0.05) is 9.37 Å². The minimum atomic E-state index is 0.0746. The van der Waals surface area contributed by atoms with Crippen LogP contribution in [0.4, 0.5) is 0 Å². The quantitative estimate of drug-likeness (QED) is 0.867. The van der Waals surface area contributed by atoms with E-state index in [1.54, 1.807) is 11.8 Å². The Balaban J connectivity index is 1.82. The fourth-order valence-electron chi connectivity index (χ4n) is 1.51. The average molecular weight is 316 g/mol. The van der Waals surface area contributed by atoms with Gasteiger partial charge in [-0.2, -0.15) is 0 Å². The zero-order chi connectivity index (χ0) is 12.3. The first-order chi connectivity index (χ1) is 8.15. The van der Waals surface area contributed by atoms with Gasteiger partial charge in [0.05, 0.1) is 25.0 Å². The number of carbonyl (C=O) groups is 1. The van der Waals surface area contributed by atoms with E-state index >= 15 is 0 Å². The molecule has 0 radical (unpaired) electrons. The highest BCUT2D eigenvalue weighted by Gasteiger charge is 2.20. The Labute approximate surface area is 113 Å². The van der Waals surface area contributed by atoms with Gasteiger partial charge < -0.3 is 10.1 Å². The van der Waals surface area contributed by atoms with Crippen molar-refractivity contribution in [1.29, 1.82) is 0 Å². The molecule has 0 spiro atoms. The van der Waals surface area contributed by atoms with Crippen molar-refractivity contribution in [1.82, 2.24) is 5.32 Å². The number of benzene rings is 1. The molecule has 17 heavy (non-hydrogen) atoms. The highest BCUT2D eigenvalue weighted by Crippen LogP contribution is 2.25. The first kappa shape index (κ1) is 12.9. The van der Waals surface area contributed by atoms with Crippen molar-refractivity contribution >= 4 is 33.6 Å². The maximum absolute atomic E-state index is 11.6. The molecule has 1 fully saturated rings. The van der Waals surface area contributed by atoms with Crippen LogP contribution in [0.3, 0.4) is 0 Å². The van der Waals surface area contributed by atoms with Crippen LogP contribution in [0, 0.1) is 6.92 Å². The molecule has 2 rings (SSSR count). The van der Waals surface area contributed by atoms with Gasteiger partial charge in [0.15, 0.2) is 0 Å². The van der Waals surface area contributed by atoms with E-state index in [1.165, 1.54) is 5.56 Å². The van der Waals surface area contributed by atoms with Gasteiger partial charge in [-0.3, -0.25) is 4.79 Å². The third-order valence-electron chi connectivity index (χ3n) is 2.50. The SMILES string of the molecule is Cc1cc(Br)ccc1SCC(=O)NC1COC1. The number of amides is 1. The highest BCUT2D eigenvalue weighted by atomic mass is 79.9. The molecule has 1 saturated heterocycles. The fraction of sp³-hybridized carbons (Fsp3) is 0.417. The monoisotopic (exact) mass is 315 g/mol. The molecule has 92 valence electrons. The molecular formula is C12H14BrNO2S. The molecule has 1 aliphatic heterocycles. The lowest BCUT2D eigenvalue weighted by atomic mass is 10.2. The second kappa shape index (κ2) is 5.89. The van der Waals surface area contributed by atoms with E-state index in [0.29, 0.717) is 19.0 Å². The molecule has 1 aromatic rings. The van der Waals surface area contributed by atoms with E-state index in [4.69, 9.17) is 4.74 Å². The summed E-state index contributed by atoms with van der Waals surface area (Å²) in [6.45, 7) is 3.34. The van der Waals surface area contributed by atoms with Crippen molar-refractivity contribution in [3.8, 4) is 0 Å². The lowest BCUT2D eigenvalue weighted by Gasteiger charge is -2.26. The van der Waals surface area contributed by atoms with Gasteiger partial charge in [-0.25, -0.2) is 0 Å². The minimum absolute atomic E-state index is 0.0746. The van der Waals surface area contributed by atoms with E-state index < -0.39 is 0 Å². The molecular weight excluding hydrogens is 302 g/mol. The number of rotatable bonds is 4. The number of thioether (sulfide) groups is 1. The van der Waals surface area contributed by atoms with Gasteiger partial charge in [-0.05, 0) is 30.7 Å². The third kappa shape index (κ3) is 3.72. The summed E-state index contributed by atoms with van der Waals surface area (Å²) in [5.41, 5.74) is 1.18. The van der Waals surface area contributed by atoms with Crippen LogP contribution in [-0.4, -0.2) is 30.9 Å². The summed E-state index contributed by atoms with van der Waals surface area (Å²) < 4.78 is 6.07. The number of hydrogen-bond acceptors (Lipinski definition) is 3. The average Bonchev–Trinajstić information content (AvgIpc) is 2.22. The predicted molar refractivity (Wildman–Crippen MR) is 72.4 cm³/mol. The number of hydrogen-bond donors (Lipinski definition) is 1. The Morgan fingerprint density at radius 1 is 1.59 bits per heavy atom. The molecule has 0 bridgehead atoms. The zero-order valence-electron chi connectivity index (χ0n) is 9.53. The molecule has 1 heterocycles. The highest BCUT2D eigenvalue weighted by molar-refractivity contribution is 9.10. The Kier molecular flexibility index (Phi) is 4.48. The number of halogens is 1. The molecule has 1 aromatic carbocycles. The van der Waals surface area contributed by atoms with Crippen LogP contribution in [0.2, 0.25) is 0 Å². The summed E-state index contributed by atoms with van der Waals surface area (Å²) in [6, 6.07) is 6.30. The van der Waals surface area contributed by atoms with Crippen molar-refractivity contribution in [2.24, 2.45) is 0 Å². The van der Waals surface area contributed by atoms with Gasteiger partial charge in [-0.1, -0.05) is 15.9 Å². The fourth-order valence-corrected chi connectivity index (χ4v) is 2.80. The normalized spacial score (nSPS) is 15.4. The Morgan fingerprint density at radius 3 is 2.94 bits per heavy atom. The van der Waals surface area contributed by atoms with Crippen LogP contribution in [0.5, 0.6) is 0 Å². The predicted octanol–water partition coefficient (Wildman–Crippen LogP) is 2.36. The summed E-state index contributed by atoms with van der Waals surface area (Å²) in [5.74, 6) is 0.532. The molecule has 5 heteroatoms. The lowest BCUT2D eigenvalue weighted by Crippen LogP contribution is -2.49. The van der Waals surface area contributed by atoms with Crippen molar-refractivity contribution in [2.75, 3.05) is 19.0 Å². The van der Waals surface area contributed by atoms with E-state index in [0.717, 1.165) is 9.37 Å². The summed E-state index contributed by atoms with van der Waals surface area (Å²) in [6.07, 6.45) is 0. The molecule has 1 amide bonds. The van der Waals surface area contributed by atoms with E-state index in [1.807, 2.05) is 19.1 Å². The van der Waals surface area contributed by atoms with Gasteiger partial charge in [-0.15, -0.1) is 11.8 Å². The number of ether oxygens (including phenoxy) is 1. The smallest absolute Gasteiger partial charge is 0.230 e. The summed E-state index contributed by atoms with van der Waals surface area (Å²) >= 11 is 4.99. The maximum Gasteiger partial charge on any atom is 0.230 e. The zero-order valence-corrected chi connectivity index (χ0v) is 11.9. The van der Waals surface area contributed by atoms with Crippen LogP contribution in [0.25, 0.3) is 0 Å². The molecule has 0 atom stereocenters. The maximum atomic E-state index is 11.6. The van der Waals surface area contributed by atoms with E-state index in [9.17, 15) is 4.79 Å². The Bertz CT molecular complexity index is 421. The van der Waals surface area contributed by atoms with Crippen LogP contribution in [-0.2, 0) is 9.53 Å². The van der Waals surface area contributed by atoms with Crippen LogP contribution < -0.4 is 5.32 Å². The third-order valence-corrected chi connectivity index (χ3v) is 4.17. The number of carbonyl (C=O) groups excluding carboxylic acids is 1. The van der Waals surface area contributed by atoms with Crippen molar-refractivity contribution in [2.45, 2.75) is 17.9 Å². The van der Waals surface area contributed by atoms with E-state index in [-0.39, 0.29) is 11.9 Å². The Hall–Kier alpha value is -0.520. The van der Waals surface area contributed by atoms with Crippen molar-refractivity contribution in [3.05, 3.63) is 28.2 Å². The van der Waals surface area contributed by atoms with Gasteiger partial charge in [0.2, 0.25) is 5.91 Å². The van der Waals surface area contributed by atoms with Crippen LogP contribution >= 0.6 is 27.7 Å².